The summed E-state index contributed by atoms with van der Waals surface area (Å²) in [6.45, 7) is 5.96. The van der Waals surface area contributed by atoms with Crippen LogP contribution in [0.4, 0.5) is 0 Å². The Morgan fingerprint density at radius 3 is 2.12 bits per heavy atom. The van der Waals surface area contributed by atoms with Crippen molar-refractivity contribution in [2.75, 3.05) is 66.2 Å². The van der Waals surface area contributed by atoms with Crippen LogP contribution in [0.1, 0.15) is 43.0 Å². The van der Waals surface area contributed by atoms with E-state index in [4.69, 9.17) is 14.2 Å². The van der Waals surface area contributed by atoms with Crippen LogP contribution in [0.3, 0.4) is 0 Å². The third-order valence-electron chi connectivity index (χ3n) is 6.00. The van der Waals surface area contributed by atoms with E-state index in [9.17, 15) is 14.4 Å². The standard InChI is InChI=1S/C24H35N3O6/c1-3-4-5-6-15-33-20-8-7-19(18-21(20)31-2)22(28)25-9-11-26(12-10-25)23(29)24(30)27-13-16-32-17-14-27/h7-8,18H,3-6,9-17H2,1-2H3. The second kappa shape index (κ2) is 12.4. The number of methoxy groups -OCH3 is 1. The molecule has 3 rings (SSSR count). The zero-order chi connectivity index (χ0) is 23.6. The number of morpholine rings is 1. The summed E-state index contributed by atoms with van der Waals surface area (Å²) in [5, 5.41) is 0. The highest BCUT2D eigenvalue weighted by atomic mass is 16.5. The van der Waals surface area contributed by atoms with Gasteiger partial charge in [-0.15, -0.1) is 0 Å². The van der Waals surface area contributed by atoms with E-state index in [1.54, 1.807) is 30.2 Å². The first-order chi connectivity index (χ1) is 16.0. The fourth-order valence-electron chi connectivity index (χ4n) is 3.96. The summed E-state index contributed by atoms with van der Waals surface area (Å²) in [6, 6.07) is 5.21. The van der Waals surface area contributed by atoms with Crippen molar-refractivity contribution in [3.8, 4) is 11.5 Å². The van der Waals surface area contributed by atoms with Gasteiger partial charge in [-0.05, 0) is 24.6 Å². The minimum Gasteiger partial charge on any atom is -0.493 e. The second-order valence-electron chi connectivity index (χ2n) is 8.26. The van der Waals surface area contributed by atoms with Gasteiger partial charge < -0.3 is 28.9 Å². The Morgan fingerprint density at radius 1 is 0.848 bits per heavy atom. The van der Waals surface area contributed by atoms with Crippen molar-refractivity contribution in [2.24, 2.45) is 0 Å². The molecule has 1 aromatic rings. The first kappa shape index (κ1) is 24.8. The number of nitrogens with zero attached hydrogens (tertiary/aromatic N) is 3. The van der Waals surface area contributed by atoms with Gasteiger partial charge in [0, 0.05) is 44.8 Å². The highest BCUT2D eigenvalue weighted by Gasteiger charge is 2.31. The molecule has 0 atom stereocenters. The van der Waals surface area contributed by atoms with Crippen molar-refractivity contribution in [3.05, 3.63) is 23.8 Å². The summed E-state index contributed by atoms with van der Waals surface area (Å²) in [5.74, 6) is 0.0254. The molecular weight excluding hydrogens is 426 g/mol. The van der Waals surface area contributed by atoms with Crippen LogP contribution in [0.25, 0.3) is 0 Å². The van der Waals surface area contributed by atoms with Gasteiger partial charge in [-0.25, -0.2) is 0 Å². The normalized spacial score (nSPS) is 16.5. The van der Waals surface area contributed by atoms with E-state index < -0.39 is 11.8 Å². The van der Waals surface area contributed by atoms with Gasteiger partial charge >= 0.3 is 11.8 Å². The molecule has 0 radical (unpaired) electrons. The topological polar surface area (TPSA) is 88.6 Å². The highest BCUT2D eigenvalue weighted by molar-refractivity contribution is 6.34. The molecule has 0 spiro atoms. The van der Waals surface area contributed by atoms with Crippen molar-refractivity contribution >= 4 is 17.7 Å². The summed E-state index contributed by atoms with van der Waals surface area (Å²) in [4.78, 5) is 42.8. The van der Waals surface area contributed by atoms with Crippen LogP contribution in [0, 0.1) is 0 Å². The van der Waals surface area contributed by atoms with Crippen molar-refractivity contribution < 1.29 is 28.6 Å². The number of hydrogen-bond acceptors (Lipinski definition) is 6. The van der Waals surface area contributed by atoms with E-state index in [0.29, 0.717) is 76.2 Å². The first-order valence-electron chi connectivity index (χ1n) is 11.8. The summed E-state index contributed by atoms with van der Waals surface area (Å²) < 4.78 is 16.5. The minimum absolute atomic E-state index is 0.130. The smallest absolute Gasteiger partial charge is 0.312 e. The summed E-state index contributed by atoms with van der Waals surface area (Å²) in [7, 11) is 1.56. The average Bonchev–Trinajstić information content (AvgIpc) is 2.88. The number of hydrogen-bond donors (Lipinski definition) is 0. The maximum Gasteiger partial charge on any atom is 0.312 e. The maximum atomic E-state index is 13.0. The molecule has 2 saturated heterocycles. The lowest BCUT2D eigenvalue weighted by Gasteiger charge is -2.36. The van der Waals surface area contributed by atoms with E-state index >= 15 is 0 Å². The van der Waals surface area contributed by atoms with Gasteiger partial charge in [0.05, 0.1) is 26.9 Å². The van der Waals surface area contributed by atoms with E-state index in [2.05, 4.69) is 6.92 Å². The molecule has 0 saturated carbocycles. The van der Waals surface area contributed by atoms with Gasteiger partial charge in [-0.2, -0.15) is 0 Å². The highest BCUT2D eigenvalue weighted by Crippen LogP contribution is 2.29. The molecule has 0 bridgehead atoms. The lowest BCUT2D eigenvalue weighted by Crippen LogP contribution is -2.55. The van der Waals surface area contributed by atoms with Gasteiger partial charge in [0.25, 0.3) is 5.91 Å². The van der Waals surface area contributed by atoms with Gasteiger partial charge in [0.2, 0.25) is 0 Å². The molecule has 9 nitrogen and oxygen atoms in total. The molecule has 0 aromatic heterocycles. The third kappa shape index (κ3) is 6.60. The monoisotopic (exact) mass is 461 g/mol. The molecule has 0 aliphatic carbocycles. The van der Waals surface area contributed by atoms with Crippen LogP contribution in [-0.2, 0) is 14.3 Å². The number of amides is 3. The number of ether oxygens (including phenoxy) is 3. The van der Waals surface area contributed by atoms with E-state index in [1.807, 2.05) is 0 Å². The van der Waals surface area contributed by atoms with Gasteiger partial charge in [-0.3, -0.25) is 14.4 Å². The first-order valence-corrected chi connectivity index (χ1v) is 11.8. The molecule has 1 aromatic carbocycles. The lowest BCUT2D eigenvalue weighted by atomic mass is 10.1. The maximum absolute atomic E-state index is 13.0. The summed E-state index contributed by atoms with van der Waals surface area (Å²) in [6.07, 6.45) is 4.47. The van der Waals surface area contributed by atoms with Crippen LogP contribution in [0.15, 0.2) is 18.2 Å². The van der Waals surface area contributed by atoms with Crippen LogP contribution < -0.4 is 9.47 Å². The fourth-order valence-corrected chi connectivity index (χ4v) is 3.96. The predicted octanol–water partition coefficient (Wildman–Crippen LogP) is 1.80. The second-order valence-corrected chi connectivity index (χ2v) is 8.26. The van der Waals surface area contributed by atoms with Crippen LogP contribution in [-0.4, -0.2) is 98.6 Å². The van der Waals surface area contributed by atoms with E-state index in [1.165, 1.54) is 22.6 Å². The van der Waals surface area contributed by atoms with Crippen molar-refractivity contribution in [2.45, 2.75) is 32.6 Å². The van der Waals surface area contributed by atoms with Crippen molar-refractivity contribution in [1.82, 2.24) is 14.7 Å². The Morgan fingerprint density at radius 2 is 1.48 bits per heavy atom. The quantitative estimate of drug-likeness (QED) is 0.433. The molecule has 2 aliphatic heterocycles. The van der Waals surface area contributed by atoms with Crippen molar-refractivity contribution in [1.29, 1.82) is 0 Å². The molecular formula is C24H35N3O6. The van der Waals surface area contributed by atoms with Gasteiger partial charge in [-0.1, -0.05) is 26.2 Å². The largest absolute Gasteiger partial charge is 0.493 e. The number of carbonyl (C=O) groups is 3. The number of rotatable bonds is 8. The van der Waals surface area contributed by atoms with E-state index in [0.717, 1.165) is 12.8 Å². The molecule has 0 unspecified atom stereocenters. The summed E-state index contributed by atoms with van der Waals surface area (Å²) in [5.41, 5.74) is 0.509. The summed E-state index contributed by atoms with van der Waals surface area (Å²) >= 11 is 0. The predicted molar refractivity (Wildman–Crippen MR) is 123 cm³/mol. The minimum atomic E-state index is -0.508. The Kier molecular flexibility index (Phi) is 9.35. The molecule has 2 fully saturated rings. The Bertz CT molecular complexity index is 816. The molecule has 33 heavy (non-hydrogen) atoms. The molecule has 0 N–H and O–H groups in total. The SMILES string of the molecule is CCCCCCOc1ccc(C(=O)N2CCN(C(=O)C(=O)N3CCOCC3)CC2)cc1OC. The molecule has 3 amide bonds. The lowest BCUT2D eigenvalue weighted by molar-refractivity contribution is -0.154. The Balaban J connectivity index is 1.52. The fraction of sp³-hybridized carbons (Fsp3) is 0.625. The van der Waals surface area contributed by atoms with Crippen LogP contribution in [0.5, 0.6) is 11.5 Å². The van der Waals surface area contributed by atoms with E-state index in [-0.39, 0.29) is 5.91 Å². The molecule has 182 valence electrons. The van der Waals surface area contributed by atoms with Crippen LogP contribution in [0.2, 0.25) is 0 Å². The number of piperazine rings is 1. The zero-order valence-corrected chi connectivity index (χ0v) is 19.7. The number of benzene rings is 1. The Labute approximate surface area is 195 Å². The Hall–Kier alpha value is -2.81. The molecule has 2 aliphatic rings. The molecule has 2 heterocycles. The van der Waals surface area contributed by atoms with Crippen molar-refractivity contribution in [3.63, 3.8) is 0 Å². The van der Waals surface area contributed by atoms with Crippen LogP contribution >= 0.6 is 0 Å². The number of carbonyl (C=O) groups excluding carboxylic acids is 3. The average molecular weight is 462 g/mol. The van der Waals surface area contributed by atoms with Gasteiger partial charge in [0.1, 0.15) is 0 Å². The third-order valence-corrected chi connectivity index (χ3v) is 6.00. The number of unbranched alkanes of at least 4 members (excludes halogenated alkanes) is 3. The van der Waals surface area contributed by atoms with Gasteiger partial charge in [0.15, 0.2) is 11.5 Å². The molecule has 9 heteroatoms. The zero-order valence-electron chi connectivity index (χ0n) is 19.7.